The summed E-state index contributed by atoms with van der Waals surface area (Å²) in [5.41, 5.74) is 0. The first kappa shape index (κ1) is 15.4. The number of ether oxygens (including phenoxy) is 1. The van der Waals surface area contributed by atoms with Crippen LogP contribution in [-0.2, 0) is 9.53 Å². The molecule has 2 nitrogen and oxygen atoms in total. The van der Waals surface area contributed by atoms with E-state index in [0.29, 0.717) is 13.0 Å². The number of hydrogen-bond donors (Lipinski definition) is 0. The van der Waals surface area contributed by atoms with Gasteiger partial charge in [0.1, 0.15) is 6.10 Å². The number of carbonyl (C=O) groups excluding carboxylic acids is 1. The van der Waals surface area contributed by atoms with Crippen LogP contribution >= 0.6 is 0 Å². The average molecular weight is 240 g/mol. The lowest BCUT2D eigenvalue weighted by atomic mass is 10.0. The maximum atomic E-state index is 11.9. The van der Waals surface area contributed by atoms with Crippen molar-refractivity contribution in [2.45, 2.75) is 58.2 Å². The Morgan fingerprint density at radius 2 is 1.94 bits per heavy atom. The van der Waals surface area contributed by atoms with Gasteiger partial charge in [-0.2, -0.15) is 13.2 Å². The van der Waals surface area contributed by atoms with Gasteiger partial charge in [-0.25, -0.2) is 0 Å². The molecule has 0 aliphatic rings. The molecule has 0 aromatic heterocycles. The van der Waals surface area contributed by atoms with E-state index in [-0.39, 0.29) is 18.6 Å². The SMILES string of the molecule is CCCC(OCC)C(=O)CCCC(F)(F)F. The van der Waals surface area contributed by atoms with Crippen LogP contribution in [0, 0.1) is 0 Å². The Balaban J connectivity index is 3.91. The number of alkyl halides is 3. The van der Waals surface area contributed by atoms with Crippen molar-refractivity contribution >= 4 is 5.78 Å². The summed E-state index contributed by atoms with van der Waals surface area (Å²) >= 11 is 0. The van der Waals surface area contributed by atoms with Crippen molar-refractivity contribution in [2.75, 3.05) is 6.61 Å². The van der Waals surface area contributed by atoms with Crippen LogP contribution in [0.4, 0.5) is 13.2 Å². The third-order valence-corrected chi connectivity index (χ3v) is 2.16. The van der Waals surface area contributed by atoms with E-state index in [1.165, 1.54) is 0 Å². The lowest BCUT2D eigenvalue weighted by molar-refractivity contribution is -0.139. The molecule has 0 aliphatic carbocycles. The molecule has 16 heavy (non-hydrogen) atoms. The summed E-state index contributed by atoms with van der Waals surface area (Å²) < 4.78 is 40.8. The molecule has 0 saturated carbocycles. The van der Waals surface area contributed by atoms with Gasteiger partial charge in [0.25, 0.3) is 0 Å². The molecule has 0 rings (SSSR count). The number of halogens is 3. The fourth-order valence-corrected chi connectivity index (χ4v) is 1.42. The number of hydrogen-bond acceptors (Lipinski definition) is 2. The van der Waals surface area contributed by atoms with E-state index < -0.39 is 18.7 Å². The zero-order chi connectivity index (χ0) is 12.6. The topological polar surface area (TPSA) is 26.3 Å². The fraction of sp³-hybridized carbons (Fsp3) is 0.909. The van der Waals surface area contributed by atoms with E-state index in [9.17, 15) is 18.0 Å². The first-order valence-electron chi connectivity index (χ1n) is 5.61. The van der Waals surface area contributed by atoms with Crippen LogP contribution in [-0.4, -0.2) is 24.7 Å². The highest BCUT2D eigenvalue weighted by Crippen LogP contribution is 2.22. The van der Waals surface area contributed by atoms with Crippen LogP contribution in [0.25, 0.3) is 0 Å². The van der Waals surface area contributed by atoms with Crippen LogP contribution in [0.3, 0.4) is 0 Å². The highest BCUT2D eigenvalue weighted by Gasteiger charge is 2.27. The Morgan fingerprint density at radius 1 is 1.31 bits per heavy atom. The summed E-state index contributed by atoms with van der Waals surface area (Å²) in [7, 11) is 0. The van der Waals surface area contributed by atoms with Gasteiger partial charge in [0.15, 0.2) is 5.78 Å². The van der Waals surface area contributed by atoms with E-state index in [1.54, 1.807) is 6.92 Å². The van der Waals surface area contributed by atoms with Gasteiger partial charge in [0.2, 0.25) is 0 Å². The Labute approximate surface area is 94.2 Å². The Bertz CT molecular complexity index is 196. The maximum absolute atomic E-state index is 11.9. The van der Waals surface area contributed by atoms with Crippen molar-refractivity contribution in [3.8, 4) is 0 Å². The molecular formula is C11H19F3O2. The molecule has 0 aliphatic heterocycles. The Hall–Kier alpha value is -0.580. The van der Waals surface area contributed by atoms with Gasteiger partial charge in [-0.05, 0) is 19.8 Å². The van der Waals surface area contributed by atoms with Crippen molar-refractivity contribution in [1.29, 1.82) is 0 Å². The van der Waals surface area contributed by atoms with Gasteiger partial charge >= 0.3 is 6.18 Å². The second kappa shape index (κ2) is 7.65. The molecule has 5 heteroatoms. The zero-order valence-corrected chi connectivity index (χ0v) is 9.77. The van der Waals surface area contributed by atoms with Gasteiger partial charge in [-0.1, -0.05) is 13.3 Å². The van der Waals surface area contributed by atoms with E-state index in [1.807, 2.05) is 6.92 Å². The van der Waals surface area contributed by atoms with Gasteiger partial charge in [0.05, 0.1) is 0 Å². The van der Waals surface area contributed by atoms with Gasteiger partial charge in [-0.15, -0.1) is 0 Å². The molecule has 0 radical (unpaired) electrons. The quantitative estimate of drug-likeness (QED) is 0.649. The fourth-order valence-electron chi connectivity index (χ4n) is 1.42. The van der Waals surface area contributed by atoms with Crippen molar-refractivity contribution in [3.05, 3.63) is 0 Å². The third kappa shape index (κ3) is 7.68. The number of Topliss-reactive ketones (excluding diaryl/α,β-unsaturated/α-hetero) is 1. The van der Waals surface area contributed by atoms with Crippen molar-refractivity contribution in [2.24, 2.45) is 0 Å². The molecule has 0 aromatic carbocycles. The molecule has 1 unspecified atom stereocenters. The van der Waals surface area contributed by atoms with Crippen LogP contribution in [0.5, 0.6) is 0 Å². The minimum atomic E-state index is -4.17. The normalized spacial score (nSPS) is 13.8. The predicted molar refractivity (Wildman–Crippen MR) is 55.2 cm³/mol. The minimum Gasteiger partial charge on any atom is -0.371 e. The predicted octanol–water partition coefficient (Wildman–Crippen LogP) is 3.49. The van der Waals surface area contributed by atoms with Crippen molar-refractivity contribution < 1.29 is 22.7 Å². The van der Waals surface area contributed by atoms with Crippen LogP contribution in [0.15, 0.2) is 0 Å². The lowest BCUT2D eigenvalue weighted by Crippen LogP contribution is -2.24. The van der Waals surface area contributed by atoms with Crippen LogP contribution < -0.4 is 0 Å². The molecule has 96 valence electrons. The molecule has 0 heterocycles. The van der Waals surface area contributed by atoms with E-state index >= 15 is 0 Å². The lowest BCUT2D eigenvalue weighted by Gasteiger charge is -2.15. The summed E-state index contributed by atoms with van der Waals surface area (Å²) in [5.74, 6) is -0.215. The molecule has 0 amide bonds. The van der Waals surface area contributed by atoms with E-state index in [4.69, 9.17) is 4.74 Å². The van der Waals surface area contributed by atoms with Crippen molar-refractivity contribution in [1.82, 2.24) is 0 Å². The highest BCUT2D eigenvalue weighted by atomic mass is 19.4. The molecule has 0 saturated heterocycles. The summed E-state index contributed by atoms with van der Waals surface area (Å²) in [6.07, 6.45) is -4.42. The van der Waals surface area contributed by atoms with Gasteiger partial charge in [0, 0.05) is 19.4 Å². The molecule has 0 aromatic rings. The van der Waals surface area contributed by atoms with Gasteiger partial charge in [-0.3, -0.25) is 4.79 Å². The van der Waals surface area contributed by atoms with Gasteiger partial charge < -0.3 is 4.74 Å². The van der Waals surface area contributed by atoms with Crippen molar-refractivity contribution in [3.63, 3.8) is 0 Å². The number of ketones is 1. The van der Waals surface area contributed by atoms with Crippen LogP contribution in [0.1, 0.15) is 46.0 Å². The second-order valence-electron chi connectivity index (χ2n) is 3.67. The standard InChI is InChI=1S/C11H19F3O2/c1-3-6-10(16-4-2)9(15)7-5-8-11(12,13)14/h10H,3-8H2,1-2H3. The summed E-state index contributed by atoms with van der Waals surface area (Å²) in [6, 6.07) is 0. The Kier molecular flexibility index (Phi) is 7.38. The first-order chi connectivity index (χ1) is 7.40. The van der Waals surface area contributed by atoms with E-state index in [2.05, 4.69) is 0 Å². The number of carbonyl (C=O) groups is 1. The molecular weight excluding hydrogens is 221 g/mol. The molecule has 1 atom stereocenters. The number of rotatable bonds is 8. The zero-order valence-electron chi connectivity index (χ0n) is 9.77. The third-order valence-electron chi connectivity index (χ3n) is 2.16. The largest absolute Gasteiger partial charge is 0.389 e. The first-order valence-corrected chi connectivity index (χ1v) is 5.61. The summed E-state index contributed by atoms with van der Waals surface area (Å²) in [6.45, 7) is 4.09. The minimum absolute atomic E-state index is 0.0514. The summed E-state index contributed by atoms with van der Waals surface area (Å²) in [4.78, 5) is 11.5. The second-order valence-corrected chi connectivity index (χ2v) is 3.67. The van der Waals surface area contributed by atoms with E-state index in [0.717, 1.165) is 6.42 Å². The molecule has 0 N–H and O–H groups in total. The van der Waals surface area contributed by atoms with Crippen LogP contribution in [0.2, 0.25) is 0 Å². The monoisotopic (exact) mass is 240 g/mol. The molecule has 0 fully saturated rings. The Morgan fingerprint density at radius 3 is 2.38 bits per heavy atom. The summed E-state index contributed by atoms with van der Waals surface area (Å²) in [5, 5.41) is 0. The average Bonchev–Trinajstić information content (AvgIpc) is 2.15. The molecule has 0 bridgehead atoms. The maximum Gasteiger partial charge on any atom is 0.389 e. The smallest absolute Gasteiger partial charge is 0.371 e. The highest BCUT2D eigenvalue weighted by molar-refractivity contribution is 5.82. The molecule has 0 spiro atoms.